The minimum Gasteiger partial charge on any atom is -0.392 e. The summed E-state index contributed by atoms with van der Waals surface area (Å²) in [5.41, 5.74) is -0.761. The summed E-state index contributed by atoms with van der Waals surface area (Å²) in [4.78, 5) is 27.0. The molecule has 7 rings (SSSR count). The topological polar surface area (TPSA) is 146 Å². The number of rotatable bonds is 6. The molecule has 0 aromatic carbocycles. The number of aliphatic hydroxyl groups excluding tert-OH is 4. The molecule has 2 aliphatic heterocycles. The molecular weight excluding hydrogens is 564 g/mol. The van der Waals surface area contributed by atoms with Crippen LogP contribution < -0.4 is 0 Å². The van der Waals surface area contributed by atoms with Gasteiger partial charge in [0.1, 0.15) is 30.2 Å². The van der Waals surface area contributed by atoms with Gasteiger partial charge in [-0.3, -0.25) is 9.59 Å². The van der Waals surface area contributed by atoms with Crippen molar-refractivity contribution in [3.63, 3.8) is 0 Å². The van der Waals surface area contributed by atoms with Crippen LogP contribution >= 0.6 is 0 Å². The summed E-state index contributed by atoms with van der Waals surface area (Å²) in [6.07, 6.45) is 0.934. The van der Waals surface area contributed by atoms with Gasteiger partial charge in [-0.25, -0.2) is 0 Å². The quantitative estimate of drug-likeness (QED) is 0.261. The summed E-state index contributed by atoms with van der Waals surface area (Å²) >= 11 is 0. The van der Waals surface area contributed by atoms with Crippen molar-refractivity contribution in [2.24, 2.45) is 44.8 Å². The summed E-state index contributed by atoms with van der Waals surface area (Å²) in [7, 11) is 0. The lowest BCUT2D eigenvalue weighted by atomic mass is 9.44. The fourth-order valence-corrected chi connectivity index (χ4v) is 11.9. The number of ketones is 2. The summed E-state index contributed by atoms with van der Waals surface area (Å²) < 4.78 is 17.6. The fourth-order valence-electron chi connectivity index (χ4n) is 11.9. The Morgan fingerprint density at radius 1 is 1.09 bits per heavy atom. The van der Waals surface area contributed by atoms with Crippen molar-refractivity contribution in [2.75, 3.05) is 6.61 Å². The first-order chi connectivity index (χ1) is 20.4. The first-order valence-electron chi connectivity index (χ1n) is 16.8. The average Bonchev–Trinajstić information content (AvgIpc) is 3.78. The molecule has 2 saturated heterocycles. The molecule has 4 saturated carbocycles. The minimum atomic E-state index is -1.33. The third kappa shape index (κ3) is 3.84. The van der Waals surface area contributed by atoms with Gasteiger partial charge in [0.05, 0.1) is 24.4 Å². The van der Waals surface area contributed by atoms with E-state index in [1.54, 1.807) is 0 Å². The van der Waals surface area contributed by atoms with Crippen molar-refractivity contribution in [3.8, 4) is 0 Å². The van der Waals surface area contributed by atoms with Crippen LogP contribution in [0, 0.1) is 44.8 Å². The normalized spacial score (nSPS) is 53.8. The fraction of sp³-hybridized carbons (Fsp3) is 0.886. The Kier molecular flexibility index (Phi) is 6.75. The number of allylic oxidation sites excluding steroid dienone is 1. The zero-order chi connectivity index (χ0) is 32.0. The van der Waals surface area contributed by atoms with E-state index < -0.39 is 47.8 Å². The van der Waals surface area contributed by atoms with E-state index in [9.17, 15) is 30.0 Å². The van der Waals surface area contributed by atoms with Crippen LogP contribution in [0.1, 0.15) is 93.4 Å². The van der Waals surface area contributed by atoms with Gasteiger partial charge in [-0.05, 0) is 74.0 Å². The van der Waals surface area contributed by atoms with Crippen molar-refractivity contribution >= 4 is 11.6 Å². The highest BCUT2D eigenvalue weighted by Crippen LogP contribution is 2.87. The number of hydrogen-bond acceptors (Lipinski definition) is 9. The average molecular weight is 617 g/mol. The largest absolute Gasteiger partial charge is 0.392 e. The molecule has 7 aliphatic rings. The molecule has 2 spiro atoms. The molecule has 0 aromatic rings. The van der Waals surface area contributed by atoms with Crippen LogP contribution in [-0.2, 0) is 23.8 Å². The van der Waals surface area contributed by atoms with Gasteiger partial charge in [0.2, 0.25) is 0 Å². The van der Waals surface area contributed by atoms with Crippen LogP contribution in [0.4, 0.5) is 0 Å². The number of Topliss-reactive ketones (excluding diaryl/α,β-unsaturated/α-hetero) is 2. The van der Waals surface area contributed by atoms with Crippen molar-refractivity contribution < 1.29 is 44.2 Å². The summed E-state index contributed by atoms with van der Waals surface area (Å²) in [6.45, 7) is 14.6. The SMILES string of the molecule is C[C@@H](CC(=O)[C@H]1OC1(C)C)[C@@H]1C(=O)C[C@]2(C)C3=CC[C@@H]4C(C)(C)[C@H](O[C@H]5OC[C@H](O)[C@@H](O)[C@@H]5O)CC[C@]45C[C@]35[C@@H](O)C[C@@]12C. The van der Waals surface area contributed by atoms with Gasteiger partial charge in [-0.15, -0.1) is 0 Å². The van der Waals surface area contributed by atoms with E-state index in [1.165, 1.54) is 5.57 Å². The smallest absolute Gasteiger partial charge is 0.186 e. The van der Waals surface area contributed by atoms with Gasteiger partial charge in [-0.2, -0.15) is 0 Å². The second kappa shape index (κ2) is 9.45. The van der Waals surface area contributed by atoms with Gasteiger partial charge in [0.25, 0.3) is 0 Å². The Bertz CT molecular complexity index is 1290. The maximum atomic E-state index is 13.9. The Labute approximate surface area is 260 Å². The Morgan fingerprint density at radius 3 is 2.43 bits per heavy atom. The molecular formula is C35H52O9. The highest BCUT2D eigenvalue weighted by atomic mass is 16.7. The van der Waals surface area contributed by atoms with E-state index in [0.29, 0.717) is 19.3 Å². The van der Waals surface area contributed by atoms with Crippen LogP contribution in [-0.4, -0.2) is 87.1 Å². The van der Waals surface area contributed by atoms with Crippen LogP contribution in [0.3, 0.4) is 0 Å². The number of hydrogen-bond donors (Lipinski definition) is 4. The van der Waals surface area contributed by atoms with E-state index >= 15 is 0 Å². The van der Waals surface area contributed by atoms with Crippen LogP contribution in [0.25, 0.3) is 0 Å². The second-order valence-corrected chi connectivity index (χ2v) is 17.3. The number of ether oxygens (including phenoxy) is 3. The third-order valence-corrected chi connectivity index (χ3v) is 14.4. The highest BCUT2D eigenvalue weighted by molar-refractivity contribution is 5.90. The lowest BCUT2D eigenvalue weighted by molar-refractivity contribution is -0.301. The highest BCUT2D eigenvalue weighted by Gasteiger charge is 2.84. The van der Waals surface area contributed by atoms with Crippen molar-refractivity contribution in [1.82, 2.24) is 0 Å². The maximum Gasteiger partial charge on any atom is 0.186 e. The van der Waals surface area contributed by atoms with Gasteiger partial charge in [-0.1, -0.05) is 46.3 Å². The molecule has 9 nitrogen and oxygen atoms in total. The zero-order valence-corrected chi connectivity index (χ0v) is 27.3. The molecule has 0 radical (unpaired) electrons. The Balaban J connectivity index is 1.15. The minimum absolute atomic E-state index is 0.0687. The number of fused-ring (bicyclic) bond motifs is 2. The molecule has 0 bridgehead atoms. The van der Waals surface area contributed by atoms with Gasteiger partial charge in [0.15, 0.2) is 12.1 Å². The molecule has 6 fully saturated rings. The van der Waals surface area contributed by atoms with Crippen LogP contribution in [0.15, 0.2) is 11.6 Å². The summed E-state index contributed by atoms with van der Waals surface area (Å²) in [5.74, 6) is 0.0812. The molecule has 14 atom stereocenters. The zero-order valence-electron chi connectivity index (χ0n) is 27.3. The molecule has 2 heterocycles. The molecule has 0 amide bonds. The number of epoxide rings is 1. The van der Waals surface area contributed by atoms with Crippen LogP contribution in [0.5, 0.6) is 0 Å². The standard InChI is InChI=1S/C35H52O9/c1-17(12-18(36)28-31(4,5)44-28)25-19(37)13-32(6)22-9-8-21-30(2,3)24(43-29-27(41)26(40)20(38)15-42-29)10-11-34(21)16-35(22,34)23(39)14-33(25,32)7/h9,17,20-21,23-29,38-41H,8,10-16H2,1-7H3/t17-,20-,21+,23-,24+,25+,26+,27-,28+,29+,32+,33-,34-,35+/m0/s1. The predicted molar refractivity (Wildman–Crippen MR) is 159 cm³/mol. The lowest BCUT2D eigenvalue weighted by Crippen LogP contribution is -2.59. The van der Waals surface area contributed by atoms with Gasteiger partial charge < -0.3 is 34.6 Å². The Hall–Kier alpha value is -1.20. The van der Waals surface area contributed by atoms with E-state index in [1.807, 2.05) is 20.8 Å². The monoisotopic (exact) mass is 616 g/mol. The molecule has 0 unspecified atom stereocenters. The molecule has 246 valence electrons. The summed E-state index contributed by atoms with van der Waals surface area (Å²) in [5, 5.41) is 42.9. The third-order valence-electron chi connectivity index (χ3n) is 14.4. The van der Waals surface area contributed by atoms with Gasteiger partial charge in [0, 0.05) is 29.6 Å². The number of carbonyl (C=O) groups excluding carboxylic acids is 2. The van der Waals surface area contributed by atoms with Crippen molar-refractivity contribution in [3.05, 3.63) is 11.6 Å². The van der Waals surface area contributed by atoms with E-state index in [-0.39, 0.29) is 63.7 Å². The second-order valence-electron chi connectivity index (χ2n) is 17.3. The first kappa shape index (κ1) is 31.4. The van der Waals surface area contributed by atoms with E-state index in [0.717, 1.165) is 25.7 Å². The molecule has 0 aromatic heterocycles. The predicted octanol–water partition coefficient (Wildman–Crippen LogP) is 3.09. The molecule has 9 heteroatoms. The van der Waals surface area contributed by atoms with Crippen LogP contribution in [0.2, 0.25) is 0 Å². The first-order valence-corrected chi connectivity index (χ1v) is 16.8. The lowest BCUT2D eigenvalue weighted by Gasteiger charge is -2.61. The number of aliphatic hydroxyl groups is 4. The molecule has 4 N–H and O–H groups in total. The van der Waals surface area contributed by atoms with Gasteiger partial charge >= 0.3 is 0 Å². The molecule has 5 aliphatic carbocycles. The maximum absolute atomic E-state index is 13.9. The van der Waals surface area contributed by atoms with E-state index in [4.69, 9.17) is 14.2 Å². The summed E-state index contributed by atoms with van der Waals surface area (Å²) in [6, 6.07) is 0. The van der Waals surface area contributed by atoms with Crippen molar-refractivity contribution in [1.29, 1.82) is 0 Å². The number of carbonyl (C=O) groups is 2. The molecule has 44 heavy (non-hydrogen) atoms. The Morgan fingerprint density at radius 2 is 1.77 bits per heavy atom. The van der Waals surface area contributed by atoms with E-state index in [2.05, 4.69) is 33.8 Å². The van der Waals surface area contributed by atoms with Crippen molar-refractivity contribution in [2.45, 2.75) is 142 Å².